The predicted molar refractivity (Wildman–Crippen MR) is 85.3 cm³/mol. The van der Waals surface area contributed by atoms with Gasteiger partial charge in [0.2, 0.25) is 0 Å². The molecule has 0 saturated carbocycles. The highest BCUT2D eigenvalue weighted by Gasteiger charge is 2.15. The number of ether oxygens (including phenoxy) is 1. The van der Waals surface area contributed by atoms with E-state index >= 15 is 0 Å². The zero-order valence-electron chi connectivity index (χ0n) is 12.7. The second-order valence-electron chi connectivity index (χ2n) is 5.17. The van der Waals surface area contributed by atoms with Crippen molar-refractivity contribution in [1.82, 2.24) is 4.90 Å². The van der Waals surface area contributed by atoms with E-state index in [0.29, 0.717) is 6.54 Å². The van der Waals surface area contributed by atoms with Crippen LogP contribution in [-0.4, -0.2) is 29.3 Å². The van der Waals surface area contributed by atoms with Crippen molar-refractivity contribution in [3.63, 3.8) is 0 Å². The largest absolute Gasteiger partial charge is 0.445 e. The van der Waals surface area contributed by atoms with E-state index in [9.17, 15) is 4.79 Å². The summed E-state index contributed by atoms with van der Waals surface area (Å²) in [5, 5.41) is 9.14. The third-order valence-corrected chi connectivity index (χ3v) is 3.33. The van der Waals surface area contributed by atoms with E-state index in [2.05, 4.69) is 0 Å². The molecule has 2 rings (SSSR count). The zero-order valence-corrected chi connectivity index (χ0v) is 12.7. The Kier molecular flexibility index (Phi) is 5.98. The van der Waals surface area contributed by atoms with Gasteiger partial charge in [-0.2, -0.15) is 0 Å². The summed E-state index contributed by atoms with van der Waals surface area (Å²) in [4.78, 5) is 13.7. The summed E-state index contributed by atoms with van der Waals surface area (Å²) >= 11 is 0. The number of aliphatic hydroxyl groups excluding tert-OH is 1. The minimum atomic E-state index is -0.418. The molecule has 0 aliphatic heterocycles. The van der Waals surface area contributed by atoms with Crippen molar-refractivity contribution in [2.75, 3.05) is 13.2 Å². The molecular weight excluding hydrogens is 278 g/mol. The normalized spacial score (nSPS) is 10.3. The van der Waals surface area contributed by atoms with Gasteiger partial charge in [0, 0.05) is 13.1 Å². The molecule has 0 atom stereocenters. The molecule has 2 aromatic rings. The molecular formula is C18H21NO3. The maximum absolute atomic E-state index is 12.2. The Bertz CT molecular complexity index is 581. The standard InChI is InChI=1S/C18H21NO3/c1-15-7-9-16(10-8-15)13-19(11-12-20)18(21)22-14-17-5-3-2-4-6-17/h2-10,20H,11-14H2,1H3. The summed E-state index contributed by atoms with van der Waals surface area (Å²) in [5.74, 6) is 0. The minimum absolute atomic E-state index is 0.0910. The van der Waals surface area contributed by atoms with Crippen molar-refractivity contribution in [3.05, 3.63) is 71.3 Å². The lowest BCUT2D eigenvalue weighted by Gasteiger charge is -2.21. The summed E-state index contributed by atoms with van der Waals surface area (Å²) in [6.45, 7) is 2.83. The second-order valence-corrected chi connectivity index (χ2v) is 5.17. The number of amides is 1. The van der Waals surface area contributed by atoms with Gasteiger partial charge in [0.1, 0.15) is 6.61 Å². The van der Waals surface area contributed by atoms with Gasteiger partial charge in [-0.25, -0.2) is 4.79 Å². The maximum atomic E-state index is 12.2. The number of carbonyl (C=O) groups is 1. The van der Waals surface area contributed by atoms with Crippen LogP contribution in [0.4, 0.5) is 4.79 Å². The van der Waals surface area contributed by atoms with Crippen LogP contribution in [0.1, 0.15) is 16.7 Å². The highest BCUT2D eigenvalue weighted by Crippen LogP contribution is 2.09. The Balaban J connectivity index is 1.94. The van der Waals surface area contributed by atoms with Gasteiger partial charge in [-0.05, 0) is 18.1 Å². The smallest absolute Gasteiger partial charge is 0.410 e. The first-order chi connectivity index (χ1) is 10.7. The maximum Gasteiger partial charge on any atom is 0.410 e. The third-order valence-electron chi connectivity index (χ3n) is 3.33. The van der Waals surface area contributed by atoms with E-state index in [1.165, 1.54) is 10.5 Å². The first-order valence-corrected chi connectivity index (χ1v) is 7.31. The Morgan fingerprint density at radius 3 is 2.36 bits per heavy atom. The fourth-order valence-corrected chi connectivity index (χ4v) is 2.08. The number of hydrogen-bond donors (Lipinski definition) is 1. The van der Waals surface area contributed by atoms with E-state index < -0.39 is 6.09 Å². The van der Waals surface area contributed by atoms with Crippen LogP contribution in [0.3, 0.4) is 0 Å². The zero-order chi connectivity index (χ0) is 15.8. The van der Waals surface area contributed by atoms with Crippen molar-refractivity contribution >= 4 is 6.09 Å². The average Bonchev–Trinajstić information content (AvgIpc) is 2.55. The van der Waals surface area contributed by atoms with Crippen molar-refractivity contribution in [2.24, 2.45) is 0 Å². The summed E-state index contributed by atoms with van der Waals surface area (Å²) in [7, 11) is 0. The van der Waals surface area contributed by atoms with E-state index in [-0.39, 0.29) is 19.8 Å². The monoisotopic (exact) mass is 299 g/mol. The summed E-state index contributed by atoms with van der Waals surface area (Å²) in [6.07, 6.45) is -0.418. The highest BCUT2D eigenvalue weighted by atomic mass is 16.6. The molecule has 0 saturated heterocycles. The molecule has 1 N–H and O–H groups in total. The van der Waals surface area contributed by atoms with Crippen molar-refractivity contribution in [3.8, 4) is 0 Å². The molecule has 1 amide bonds. The van der Waals surface area contributed by atoms with Crippen LogP contribution in [-0.2, 0) is 17.9 Å². The average molecular weight is 299 g/mol. The van der Waals surface area contributed by atoms with Gasteiger partial charge < -0.3 is 14.7 Å². The number of carbonyl (C=O) groups excluding carboxylic acids is 1. The molecule has 4 nitrogen and oxygen atoms in total. The molecule has 0 spiro atoms. The van der Waals surface area contributed by atoms with Gasteiger partial charge in [0.15, 0.2) is 0 Å². The van der Waals surface area contributed by atoms with E-state index in [1.807, 2.05) is 61.5 Å². The quantitative estimate of drug-likeness (QED) is 0.891. The van der Waals surface area contributed by atoms with Crippen LogP contribution in [0.2, 0.25) is 0 Å². The number of aryl methyl sites for hydroxylation is 1. The Morgan fingerprint density at radius 1 is 1.05 bits per heavy atom. The molecule has 116 valence electrons. The number of rotatable bonds is 6. The number of hydrogen-bond acceptors (Lipinski definition) is 3. The molecule has 0 fully saturated rings. The van der Waals surface area contributed by atoms with Crippen LogP contribution in [0.15, 0.2) is 54.6 Å². The Labute approximate surface area is 131 Å². The molecule has 0 aliphatic carbocycles. The molecule has 0 aliphatic rings. The van der Waals surface area contributed by atoms with Crippen LogP contribution >= 0.6 is 0 Å². The van der Waals surface area contributed by atoms with Gasteiger partial charge in [0.25, 0.3) is 0 Å². The number of nitrogens with zero attached hydrogens (tertiary/aromatic N) is 1. The summed E-state index contributed by atoms with van der Waals surface area (Å²) in [5.41, 5.74) is 3.12. The minimum Gasteiger partial charge on any atom is -0.445 e. The predicted octanol–water partition coefficient (Wildman–Crippen LogP) is 3.13. The lowest BCUT2D eigenvalue weighted by atomic mass is 10.1. The van der Waals surface area contributed by atoms with E-state index in [1.54, 1.807) is 0 Å². The van der Waals surface area contributed by atoms with Crippen LogP contribution in [0.25, 0.3) is 0 Å². The van der Waals surface area contributed by atoms with Gasteiger partial charge in [-0.3, -0.25) is 0 Å². The third kappa shape index (κ3) is 4.90. The Morgan fingerprint density at radius 2 is 1.73 bits per heavy atom. The first kappa shape index (κ1) is 16.0. The fraction of sp³-hybridized carbons (Fsp3) is 0.278. The van der Waals surface area contributed by atoms with Gasteiger partial charge >= 0.3 is 6.09 Å². The highest BCUT2D eigenvalue weighted by molar-refractivity contribution is 5.67. The lowest BCUT2D eigenvalue weighted by molar-refractivity contribution is 0.0859. The van der Waals surface area contributed by atoms with Gasteiger partial charge in [-0.15, -0.1) is 0 Å². The molecule has 0 unspecified atom stereocenters. The summed E-state index contributed by atoms with van der Waals surface area (Å²) < 4.78 is 5.31. The van der Waals surface area contributed by atoms with Crippen molar-refractivity contribution in [1.29, 1.82) is 0 Å². The molecule has 2 aromatic carbocycles. The van der Waals surface area contributed by atoms with Gasteiger partial charge in [-0.1, -0.05) is 60.2 Å². The molecule has 0 radical (unpaired) electrons. The summed E-state index contributed by atoms with van der Waals surface area (Å²) in [6, 6.07) is 17.5. The first-order valence-electron chi connectivity index (χ1n) is 7.31. The van der Waals surface area contributed by atoms with Crippen LogP contribution < -0.4 is 0 Å². The Hall–Kier alpha value is -2.33. The SMILES string of the molecule is Cc1ccc(CN(CCO)C(=O)OCc2ccccc2)cc1. The number of benzene rings is 2. The molecule has 0 heterocycles. The molecule has 22 heavy (non-hydrogen) atoms. The van der Waals surface area contributed by atoms with Crippen LogP contribution in [0, 0.1) is 6.92 Å². The van der Waals surface area contributed by atoms with Gasteiger partial charge in [0.05, 0.1) is 6.61 Å². The van der Waals surface area contributed by atoms with Crippen molar-refractivity contribution < 1.29 is 14.6 Å². The second kappa shape index (κ2) is 8.20. The van der Waals surface area contributed by atoms with E-state index in [4.69, 9.17) is 9.84 Å². The molecule has 4 heteroatoms. The van der Waals surface area contributed by atoms with E-state index in [0.717, 1.165) is 11.1 Å². The number of aliphatic hydroxyl groups is 1. The van der Waals surface area contributed by atoms with Crippen LogP contribution in [0.5, 0.6) is 0 Å². The topological polar surface area (TPSA) is 49.8 Å². The molecule has 0 bridgehead atoms. The van der Waals surface area contributed by atoms with Crippen molar-refractivity contribution in [2.45, 2.75) is 20.1 Å². The lowest BCUT2D eigenvalue weighted by Crippen LogP contribution is -2.33. The molecule has 0 aromatic heterocycles. The fourth-order valence-electron chi connectivity index (χ4n) is 2.08.